The number of nitrogens with zero attached hydrogens (tertiary/aromatic N) is 1. The number of amides is 1. The summed E-state index contributed by atoms with van der Waals surface area (Å²) >= 11 is 3.38. The normalized spacial score (nSPS) is 23.0. The number of hydrogen-bond donors (Lipinski definition) is 1. The number of aliphatic carboxylic acids is 1. The van der Waals surface area contributed by atoms with Crippen LogP contribution in [0.25, 0.3) is 0 Å². The van der Waals surface area contributed by atoms with E-state index in [1.807, 2.05) is 18.2 Å². The van der Waals surface area contributed by atoms with Gasteiger partial charge in [-0.3, -0.25) is 9.59 Å². The lowest BCUT2D eigenvalue weighted by Crippen LogP contribution is -2.52. The molecule has 0 saturated carbocycles. The molecule has 2 rings (SSSR count). The molecule has 1 saturated heterocycles. The predicted molar refractivity (Wildman–Crippen MR) is 85.8 cm³/mol. The number of carbonyl (C=O) groups excluding carboxylic acids is 1. The molecule has 1 N–H and O–H groups in total. The molecule has 0 spiro atoms. The number of carboxylic acids is 1. The first-order valence-corrected chi connectivity index (χ1v) is 8.15. The highest BCUT2D eigenvalue weighted by molar-refractivity contribution is 9.10. The van der Waals surface area contributed by atoms with Crippen molar-refractivity contribution >= 4 is 27.8 Å². The van der Waals surface area contributed by atoms with Crippen LogP contribution in [0.1, 0.15) is 26.7 Å². The lowest BCUT2D eigenvalue weighted by Gasteiger charge is -2.38. The first-order chi connectivity index (χ1) is 10.4. The molecule has 1 unspecified atom stereocenters. The number of halogens is 1. The van der Waals surface area contributed by atoms with Crippen molar-refractivity contribution in [2.24, 2.45) is 5.92 Å². The van der Waals surface area contributed by atoms with Crippen molar-refractivity contribution in [2.45, 2.75) is 38.8 Å². The minimum atomic E-state index is -0.843. The van der Waals surface area contributed by atoms with Crippen molar-refractivity contribution in [2.75, 3.05) is 6.54 Å². The fraction of sp³-hybridized carbons (Fsp3) is 0.500. The van der Waals surface area contributed by atoms with Crippen molar-refractivity contribution in [1.29, 1.82) is 0 Å². The van der Waals surface area contributed by atoms with Gasteiger partial charge in [-0.1, -0.05) is 12.1 Å². The van der Waals surface area contributed by atoms with Crippen molar-refractivity contribution < 1.29 is 19.4 Å². The number of rotatable bonds is 4. The van der Waals surface area contributed by atoms with E-state index < -0.39 is 18.0 Å². The standard InChI is InChI=1S/C16H20BrNO4/c1-10-12(16(20)21)6-5-9-18(10)15(19)11(2)22-14-8-4-3-7-13(14)17/h3-4,7-8,10-12H,5-6,9H2,1-2H3,(H,20,21)/t10-,11?,12-/m0/s1. The molecule has 0 aromatic heterocycles. The first-order valence-electron chi connectivity index (χ1n) is 7.36. The maximum absolute atomic E-state index is 12.6. The van der Waals surface area contributed by atoms with Crippen LogP contribution in [-0.2, 0) is 9.59 Å². The molecule has 1 aromatic rings. The fourth-order valence-electron chi connectivity index (χ4n) is 2.80. The number of hydrogen-bond acceptors (Lipinski definition) is 3. The predicted octanol–water partition coefficient (Wildman–Crippen LogP) is 2.93. The number of benzene rings is 1. The van der Waals surface area contributed by atoms with E-state index in [0.717, 1.165) is 4.47 Å². The van der Waals surface area contributed by atoms with Gasteiger partial charge in [0.15, 0.2) is 6.10 Å². The molecule has 6 heteroatoms. The summed E-state index contributed by atoms with van der Waals surface area (Å²) in [4.78, 5) is 25.5. The summed E-state index contributed by atoms with van der Waals surface area (Å²) in [6, 6.07) is 7.02. The lowest BCUT2D eigenvalue weighted by atomic mass is 9.90. The molecule has 22 heavy (non-hydrogen) atoms. The van der Waals surface area contributed by atoms with Gasteiger partial charge in [0.2, 0.25) is 0 Å². The number of piperidine rings is 1. The van der Waals surface area contributed by atoms with E-state index in [-0.39, 0.29) is 11.9 Å². The minimum Gasteiger partial charge on any atom is -0.481 e. The Bertz CT molecular complexity index is 563. The van der Waals surface area contributed by atoms with Crippen LogP contribution in [0.15, 0.2) is 28.7 Å². The molecule has 3 atom stereocenters. The topological polar surface area (TPSA) is 66.8 Å². The monoisotopic (exact) mass is 369 g/mol. The average Bonchev–Trinajstić information content (AvgIpc) is 2.48. The lowest BCUT2D eigenvalue weighted by molar-refractivity contribution is -0.151. The maximum atomic E-state index is 12.6. The average molecular weight is 370 g/mol. The number of ether oxygens (including phenoxy) is 1. The van der Waals surface area contributed by atoms with E-state index in [2.05, 4.69) is 15.9 Å². The Labute approximate surface area is 138 Å². The summed E-state index contributed by atoms with van der Waals surface area (Å²) in [5.74, 6) is -0.922. The van der Waals surface area contributed by atoms with Gasteiger partial charge in [0, 0.05) is 12.6 Å². The van der Waals surface area contributed by atoms with Crippen molar-refractivity contribution in [3.63, 3.8) is 0 Å². The minimum absolute atomic E-state index is 0.172. The van der Waals surface area contributed by atoms with E-state index >= 15 is 0 Å². The van der Waals surface area contributed by atoms with Crippen LogP contribution < -0.4 is 4.74 Å². The summed E-state index contributed by atoms with van der Waals surface area (Å²) < 4.78 is 6.50. The first kappa shape index (κ1) is 16.8. The van der Waals surface area contributed by atoms with Crippen molar-refractivity contribution in [3.05, 3.63) is 28.7 Å². The largest absolute Gasteiger partial charge is 0.481 e. The van der Waals surface area contributed by atoms with E-state index in [4.69, 9.17) is 4.74 Å². The highest BCUT2D eigenvalue weighted by Gasteiger charge is 2.37. The Balaban J connectivity index is 2.07. The summed E-state index contributed by atoms with van der Waals surface area (Å²) in [6.45, 7) is 4.06. The van der Waals surface area contributed by atoms with Crippen LogP contribution >= 0.6 is 15.9 Å². The Kier molecular flexibility index (Phi) is 5.45. The van der Waals surface area contributed by atoms with Gasteiger partial charge < -0.3 is 14.7 Å². The summed E-state index contributed by atoms with van der Waals surface area (Å²) in [6.07, 6.45) is 0.655. The SMILES string of the molecule is CC(Oc1ccccc1Br)C(=O)N1CCC[C@H](C(=O)O)[C@@H]1C. The van der Waals surface area contributed by atoms with Gasteiger partial charge in [-0.15, -0.1) is 0 Å². The Morgan fingerprint density at radius 3 is 2.73 bits per heavy atom. The Morgan fingerprint density at radius 1 is 1.41 bits per heavy atom. The van der Waals surface area contributed by atoms with Crippen LogP contribution in [-0.4, -0.2) is 40.6 Å². The molecule has 5 nitrogen and oxygen atoms in total. The third-order valence-corrected chi connectivity index (χ3v) is 4.73. The van der Waals surface area contributed by atoms with Gasteiger partial charge in [-0.2, -0.15) is 0 Å². The number of carbonyl (C=O) groups is 2. The second kappa shape index (κ2) is 7.13. The van der Waals surface area contributed by atoms with Gasteiger partial charge >= 0.3 is 5.97 Å². The second-order valence-corrected chi connectivity index (χ2v) is 6.40. The fourth-order valence-corrected chi connectivity index (χ4v) is 3.18. The van der Waals surface area contributed by atoms with Gasteiger partial charge in [0.25, 0.3) is 5.91 Å². The van der Waals surface area contributed by atoms with Gasteiger partial charge in [-0.05, 0) is 54.8 Å². The summed E-state index contributed by atoms with van der Waals surface area (Å²) in [5, 5.41) is 9.24. The summed E-state index contributed by atoms with van der Waals surface area (Å²) in [5.41, 5.74) is 0. The molecule has 0 radical (unpaired) electrons. The molecule has 1 aromatic carbocycles. The molecule has 1 heterocycles. The number of para-hydroxylation sites is 1. The van der Waals surface area contributed by atoms with Crippen LogP contribution in [0.2, 0.25) is 0 Å². The highest BCUT2D eigenvalue weighted by atomic mass is 79.9. The molecular formula is C16H20BrNO4. The van der Waals surface area contributed by atoms with E-state index in [0.29, 0.717) is 25.1 Å². The molecule has 1 fully saturated rings. The molecule has 0 aliphatic carbocycles. The molecule has 0 bridgehead atoms. The van der Waals surface area contributed by atoms with Gasteiger partial charge in [-0.25, -0.2) is 0 Å². The summed E-state index contributed by atoms with van der Waals surface area (Å²) in [7, 11) is 0. The van der Waals surface area contributed by atoms with E-state index in [1.54, 1.807) is 24.8 Å². The third-order valence-electron chi connectivity index (χ3n) is 4.08. The Morgan fingerprint density at radius 2 is 2.09 bits per heavy atom. The van der Waals surface area contributed by atoms with Gasteiger partial charge in [0.05, 0.1) is 10.4 Å². The quantitative estimate of drug-likeness (QED) is 0.885. The Hall–Kier alpha value is -1.56. The smallest absolute Gasteiger partial charge is 0.308 e. The van der Waals surface area contributed by atoms with Crippen LogP contribution in [0.3, 0.4) is 0 Å². The zero-order valence-corrected chi connectivity index (χ0v) is 14.2. The zero-order valence-electron chi connectivity index (χ0n) is 12.7. The highest BCUT2D eigenvalue weighted by Crippen LogP contribution is 2.27. The van der Waals surface area contributed by atoms with Gasteiger partial charge in [0.1, 0.15) is 5.75 Å². The number of likely N-dealkylation sites (tertiary alicyclic amines) is 1. The van der Waals surface area contributed by atoms with E-state index in [9.17, 15) is 14.7 Å². The molecule has 120 valence electrons. The number of carboxylic acid groups (broad SMARTS) is 1. The zero-order chi connectivity index (χ0) is 16.3. The van der Waals surface area contributed by atoms with Crippen LogP contribution in [0.4, 0.5) is 0 Å². The third kappa shape index (κ3) is 3.61. The van der Waals surface area contributed by atoms with Crippen LogP contribution in [0.5, 0.6) is 5.75 Å². The molecule has 1 aliphatic rings. The molecule has 1 aliphatic heterocycles. The molecule has 1 amide bonds. The van der Waals surface area contributed by atoms with Crippen molar-refractivity contribution in [3.8, 4) is 5.75 Å². The van der Waals surface area contributed by atoms with Crippen molar-refractivity contribution in [1.82, 2.24) is 4.90 Å². The maximum Gasteiger partial charge on any atom is 0.308 e. The second-order valence-electron chi connectivity index (χ2n) is 5.55. The molecular weight excluding hydrogens is 350 g/mol. The van der Waals surface area contributed by atoms with E-state index in [1.165, 1.54) is 0 Å². The van der Waals surface area contributed by atoms with Crippen LogP contribution in [0, 0.1) is 5.92 Å².